The van der Waals surface area contributed by atoms with Gasteiger partial charge in [0.2, 0.25) is 5.88 Å². The Bertz CT molecular complexity index is 1570. The average Bonchev–Trinajstić information content (AvgIpc) is 3.29. The van der Waals surface area contributed by atoms with Gasteiger partial charge in [-0.1, -0.05) is 23.7 Å². The van der Waals surface area contributed by atoms with Crippen LogP contribution >= 0.6 is 11.6 Å². The number of benzene rings is 2. The van der Waals surface area contributed by atoms with Crippen LogP contribution in [0, 0.1) is 5.82 Å². The number of pyridine rings is 1. The van der Waals surface area contributed by atoms with Gasteiger partial charge in [0.1, 0.15) is 24.0 Å². The van der Waals surface area contributed by atoms with E-state index in [4.69, 9.17) is 40.9 Å². The maximum atomic E-state index is 14.1. The van der Waals surface area contributed by atoms with Gasteiger partial charge >= 0.3 is 5.97 Å². The first-order valence-corrected chi connectivity index (χ1v) is 14.5. The molecule has 0 saturated carbocycles. The van der Waals surface area contributed by atoms with Crippen LogP contribution in [-0.4, -0.2) is 62.9 Å². The second-order valence-electron chi connectivity index (χ2n) is 10.7. The number of piperidine rings is 1. The number of aromatic nitrogens is 3. The Labute approximate surface area is 247 Å². The number of nitrogens with zero attached hydrogens (tertiary/aromatic N) is 4. The molecule has 0 spiro atoms. The Morgan fingerprint density at radius 3 is 2.64 bits per heavy atom. The predicted octanol–water partition coefficient (Wildman–Crippen LogP) is 5.43. The lowest BCUT2D eigenvalue weighted by atomic mass is 9.93. The van der Waals surface area contributed by atoms with Crippen LogP contribution in [0.4, 0.5) is 4.39 Å². The van der Waals surface area contributed by atoms with Crippen LogP contribution in [0.2, 0.25) is 5.02 Å². The first-order chi connectivity index (χ1) is 20.4. The summed E-state index contributed by atoms with van der Waals surface area (Å²) in [6.45, 7) is 3.68. The number of fused-ring (bicyclic) bond motifs is 1. The summed E-state index contributed by atoms with van der Waals surface area (Å²) in [4.78, 5) is 23.0. The Hall–Kier alpha value is -3.73. The number of rotatable bonds is 11. The van der Waals surface area contributed by atoms with Crippen LogP contribution in [0.25, 0.3) is 11.0 Å². The third kappa shape index (κ3) is 6.67. The molecule has 1 unspecified atom stereocenters. The van der Waals surface area contributed by atoms with Gasteiger partial charge in [0, 0.05) is 40.9 Å². The lowest BCUT2D eigenvalue weighted by molar-refractivity contribution is -0.139. The second-order valence-corrected chi connectivity index (χ2v) is 11.2. The lowest BCUT2D eigenvalue weighted by Gasteiger charge is -2.32. The molecule has 2 aromatic carbocycles. The number of hydrogen-bond acceptors (Lipinski definition) is 7. The maximum absolute atomic E-state index is 14.1. The summed E-state index contributed by atoms with van der Waals surface area (Å²) in [6, 6.07) is 15.8. The first-order valence-electron chi connectivity index (χ1n) is 14.1. The number of carbonyl (C=O) groups is 1. The van der Waals surface area contributed by atoms with Crippen LogP contribution in [0.15, 0.2) is 54.6 Å². The molecular formula is C31H32ClFN4O5. The highest BCUT2D eigenvalue weighted by molar-refractivity contribution is 6.30. The predicted molar refractivity (Wildman–Crippen MR) is 154 cm³/mol. The van der Waals surface area contributed by atoms with Crippen molar-refractivity contribution < 1.29 is 28.5 Å². The zero-order chi connectivity index (χ0) is 29.1. The van der Waals surface area contributed by atoms with E-state index in [1.807, 2.05) is 18.2 Å². The molecule has 6 rings (SSSR count). The number of hydrogen-bond donors (Lipinski definition) is 1. The van der Waals surface area contributed by atoms with E-state index in [1.54, 1.807) is 30.3 Å². The molecule has 0 amide bonds. The number of carboxylic acids is 1. The van der Waals surface area contributed by atoms with Gasteiger partial charge in [-0.05, 0) is 62.7 Å². The van der Waals surface area contributed by atoms with E-state index in [-0.39, 0.29) is 12.7 Å². The van der Waals surface area contributed by atoms with Crippen molar-refractivity contribution in [1.29, 1.82) is 0 Å². The summed E-state index contributed by atoms with van der Waals surface area (Å²) in [6.07, 6.45) is 3.09. The summed E-state index contributed by atoms with van der Waals surface area (Å²) in [5.74, 6) is 0.800. The molecule has 11 heteroatoms. The van der Waals surface area contributed by atoms with Crippen molar-refractivity contribution in [3.05, 3.63) is 82.5 Å². The highest BCUT2D eigenvalue weighted by Gasteiger charge is 2.26. The Morgan fingerprint density at radius 2 is 1.90 bits per heavy atom. The molecule has 2 aliphatic rings. The number of aliphatic carboxylic acids is 1. The normalized spacial score (nSPS) is 17.7. The van der Waals surface area contributed by atoms with Gasteiger partial charge in [0.25, 0.3) is 0 Å². The van der Waals surface area contributed by atoms with Crippen molar-refractivity contribution in [3.8, 4) is 11.6 Å². The Morgan fingerprint density at radius 1 is 1.07 bits per heavy atom. The molecular weight excluding hydrogens is 563 g/mol. The van der Waals surface area contributed by atoms with Crippen LogP contribution < -0.4 is 9.47 Å². The number of halogens is 2. The minimum Gasteiger partial charge on any atom is -0.482 e. The zero-order valence-electron chi connectivity index (χ0n) is 23.0. The Balaban J connectivity index is 1.10. The molecule has 42 heavy (non-hydrogen) atoms. The molecule has 9 nitrogen and oxygen atoms in total. The van der Waals surface area contributed by atoms with E-state index in [0.717, 1.165) is 68.1 Å². The third-order valence-electron chi connectivity index (χ3n) is 7.85. The summed E-state index contributed by atoms with van der Waals surface area (Å²) < 4.78 is 33.3. The molecule has 2 aliphatic heterocycles. The lowest BCUT2D eigenvalue weighted by Crippen LogP contribution is -2.35. The van der Waals surface area contributed by atoms with Gasteiger partial charge < -0.3 is 23.9 Å². The van der Waals surface area contributed by atoms with E-state index in [0.29, 0.717) is 34.7 Å². The molecule has 0 aliphatic carbocycles. The summed E-state index contributed by atoms with van der Waals surface area (Å²) in [5, 5.41) is 9.30. The van der Waals surface area contributed by atoms with Crippen molar-refractivity contribution in [2.45, 2.75) is 51.0 Å². The molecule has 1 atom stereocenters. The number of imidazole rings is 1. The molecule has 2 fully saturated rings. The minimum atomic E-state index is -1.02. The van der Waals surface area contributed by atoms with Crippen molar-refractivity contribution in [2.75, 3.05) is 26.3 Å². The highest BCUT2D eigenvalue weighted by Crippen LogP contribution is 2.30. The smallest absolute Gasteiger partial charge is 0.341 e. The summed E-state index contributed by atoms with van der Waals surface area (Å²) in [5.41, 5.74) is 3.17. The van der Waals surface area contributed by atoms with Gasteiger partial charge in [-0.3, -0.25) is 4.90 Å². The van der Waals surface area contributed by atoms with Gasteiger partial charge in [-0.25, -0.2) is 19.2 Å². The molecule has 0 bridgehead atoms. The molecule has 220 valence electrons. The fourth-order valence-electron chi connectivity index (χ4n) is 5.47. The molecule has 1 N–H and O–H groups in total. The fraction of sp³-hybridized carbons (Fsp3) is 0.387. The van der Waals surface area contributed by atoms with Crippen LogP contribution in [0.1, 0.15) is 42.3 Å². The van der Waals surface area contributed by atoms with Crippen molar-refractivity contribution in [1.82, 2.24) is 19.4 Å². The maximum Gasteiger partial charge on any atom is 0.341 e. The number of carboxylic acid groups (broad SMARTS) is 1. The molecule has 2 aromatic heterocycles. The highest BCUT2D eigenvalue weighted by atomic mass is 35.5. The fourth-order valence-corrected chi connectivity index (χ4v) is 5.63. The molecule has 0 radical (unpaired) electrons. The van der Waals surface area contributed by atoms with Gasteiger partial charge in [-0.2, -0.15) is 0 Å². The van der Waals surface area contributed by atoms with Gasteiger partial charge in [-0.15, -0.1) is 0 Å². The number of likely N-dealkylation sites (tertiary alicyclic amines) is 1. The van der Waals surface area contributed by atoms with E-state index in [9.17, 15) is 9.18 Å². The van der Waals surface area contributed by atoms with E-state index in [1.165, 1.54) is 6.07 Å². The topological polar surface area (TPSA) is 98.9 Å². The Kier molecular flexibility index (Phi) is 8.55. The van der Waals surface area contributed by atoms with Crippen LogP contribution in [0.3, 0.4) is 0 Å². The largest absolute Gasteiger partial charge is 0.482 e. The summed E-state index contributed by atoms with van der Waals surface area (Å²) in [7, 11) is 0. The van der Waals surface area contributed by atoms with Crippen molar-refractivity contribution in [3.63, 3.8) is 0 Å². The molecule has 2 saturated heterocycles. The van der Waals surface area contributed by atoms with Crippen molar-refractivity contribution in [2.24, 2.45) is 0 Å². The minimum absolute atomic E-state index is 0.0813. The standard InChI is InChI=1S/C31H32ClFN4O5/c32-22-5-4-21(25(33)14-22)18-42-30-3-1-2-26(35-30)20-8-11-36(12-9-20)17-29-34-27-15-23(41-19-31(38)39)6-7-28(27)37(29)16-24-10-13-40-24/h1-7,14-15,20,24H,8-13,16-19H2,(H,38,39). The number of ether oxygens (including phenoxy) is 3. The van der Waals surface area contributed by atoms with E-state index < -0.39 is 18.4 Å². The monoisotopic (exact) mass is 594 g/mol. The van der Waals surface area contributed by atoms with Crippen LogP contribution in [0.5, 0.6) is 11.6 Å². The van der Waals surface area contributed by atoms with Gasteiger partial charge in [0.05, 0.1) is 30.2 Å². The van der Waals surface area contributed by atoms with E-state index in [2.05, 4.69) is 9.47 Å². The molecule has 4 heterocycles. The van der Waals surface area contributed by atoms with Crippen molar-refractivity contribution >= 4 is 28.6 Å². The van der Waals surface area contributed by atoms with Gasteiger partial charge in [0.15, 0.2) is 6.61 Å². The SMILES string of the molecule is O=C(O)COc1ccc2c(c1)nc(CN1CCC(c3cccc(OCc4ccc(Cl)cc4F)n3)CC1)n2CC1CCO1. The van der Waals surface area contributed by atoms with E-state index >= 15 is 0 Å². The first kappa shape index (κ1) is 28.4. The van der Waals surface area contributed by atoms with Crippen LogP contribution in [-0.2, 0) is 29.2 Å². The zero-order valence-corrected chi connectivity index (χ0v) is 23.8. The third-order valence-corrected chi connectivity index (χ3v) is 8.08. The molecule has 4 aromatic rings. The summed E-state index contributed by atoms with van der Waals surface area (Å²) >= 11 is 5.85. The second kappa shape index (κ2) is 12.6. The quantitative estimate of drug-likeness (QED) is 0.245. The average molecular weight is 595 g/mol.